The molecule has 0 aliphatic heterocycles. The van der Waals surface area contributed by atoms with E-state index in [1.54, 1.807) is 20.8 Å². The molecule has 1 aliphatic carbocycles. The van der Waals surface area contributed by atoms with Crippen LogP contribution in [0.2, 0.25) is 0 Å². The number of amides is 4. The molecule has 2 atom stereocenters. The quantitative estimate of drug-likeness (QED) is 0.130. The summed E-state index contributed by atoms with van der Waals surface area (Å²) < 4.78 is 16.5. The lowest BCUT2D eigenvalue weighted by Gasteiger charge is -2.25. The van der Waals surface area contributed by atoms with Crippen molar-refractivity contribution < 1.29 is 33.4 Å². The lowest BCUT2D eigenvalue weighted by molar-refractivity contribution is -0.131. The van der Waals surface area contributed by atoms with Crippen LogP contribution in [0, 0.1) is 5.92 Å². The second-order valence-electron chi connectivity index (χ2n) is 13.7. The van der Waals surface area contributed by atoms with Gasteiger partial charge in [-0.1, -0.05) is 92.8 Å². The molecular weight excluding hydrogens is 624 g/mol. The van der Waals surface area contributed by atoms with E-state index in [2.05, 4.69) is 21.3 Å². The van der Waals surface area contributed by atoms with Crippen LogP contribution in [-0.2, 0) is 37.0 Å². The van der Waals surface area contributed by atoms with Crippen LogP contribution in [0.5, 0.6) is 0 Å². The number of rotatable bonds is 19. The van der Waals surface area contributed by atoms with E-state index in [9.17, 15) is 19.2 Å². The molecule has 270 valence electrons. The lowest BCUT2D eigenvalue weighted by atomic mass is 9.86. The number of alkyl carbamates (subject to hydrolysis) is 2. The zero-order valence-electron chi connectivity index (χ0n) is 29.5. The smallest absolute Gasteiger partial charge is 0.408 e. The van der Waals surface area contributed by atoms with E-state index < -0.39 is 35.8 Å². The van der Waals surface area contributed by atoms with E-state index in [1.807, 2.05) is 60.7 Å². The van der Waals surface area contributed by atoms with E-state index in [1.165, 1.54) is 32.1 Å². The predicted molar refractivity (Wildman–Crippen MR) is 188 cm³/mol. The highest BCUT2D eigenvalue weighted by atomic mass is 16.6. The molecule has 4 N–H and O–H groups in total. The minimum absolute atomic E-state index is 0.120. The summed E-state index contributed by atoms with van der Waals surface area (Å²) in [6.45, 7) is 6.39. The van der Waals surface area contributed by atoms with Gasteiger partial charge in [0.1, 0.15) is 24.3 Å². The standard InChI is InChI=1S/C38H56N4O7/c1-38(2,3)49-37(46)42-33(28-47-26-30-18-9-5-10-19-30)35(44)41-32(34(43)39-25-15-22-29-16-7-4-8-17-29)23-13-14-24-40-36(45)48-27-31-20-11-6-12-21-31/h5-6,9-12,18-21,29,32-33H,4,7-8,13-17,22-28H2,1-3H3,(H,39,43)(H,40,45)(H,41,44)(H,42,46)/t32-,33-/m0/s1. The summed E-state index contributed by atoms with van der Waals surface area (Å²) in [5.41, 5.74) is 1.05. The molecule has 0 unspecified atom stereocenters. The highest BCUT2D eigenvalue weighted by Gasteiger charge is 2.29. The average Bonchev–Trinajstić information content (AvgIpc) is 3.08. The van der Waals surface area contributed by atoms with Crippen molar-refractivity contribution in [2.75, 3.05) is 19.7 Å². The number of unbranched alkanes of at least 4 members (excludes halogenated alkanes) is 1. The summed E-state index contributed by atoms with van der Waals surface area (Å²) in [6.07, 6.45) is 8.49. The van der Waals surface area contributed by atoms with Gasteiger partial charge in [-0.25, -0.2) is 9.59 Å². The number of carbonyl (C=O) groups excluding carboxylic acids is 4. The fourth-order valence-corrected chi connectivity index (χ4v) is 5.68. The number of benzene rings is 2. The largest absolute Gasteiger partial charge is 0.445 e. The van der Waals surface area contributed by atoms with Crippen molar-refractivity contribution in [3.63, 3.8) is 0 Å². The summed E-state index contributed by atoms with van der Waals surface area (Å²) in [7, 11) is 0. The molecule has 0 spiro atoms. The van der Waals surface area contributed by atoms with Crippen molar-refractivity contribution in [1.29, 1.82) is 0 Å². The second kappa shape index (κ2) is 21.8. The van der Waals surface area contributed by atoms with E-state index >= 15 is 0 Å². The summed E-state index contributed by atoms with van der Waals surface area (Å²) in [5.74, 6) is -0.124. The molecular formula is C38H56N4O7. The number of nitrogens with one attached hydrogen (secondary N) is 4. The van der Waals surface area contributed by atoms with Crippen LogP contribution in [0.25, 0.3) is 0 Å². The maximum atomic E-state index is 13.6. The molecule has 0 bridgehead atoms. The summed E-state index contributed by atoms with van der Waals surface area (Å²) >= 11 is 0. The number of hydrogen-bond donors (Lipinski definition) is 4. The van der Waals surface area contributed by atoms with E-state index in [0.29, 0.717) is 38.3 Å². The van der Waals surface area contributed by atoms with Gasteiger partial charge in [0.25, 0.3) is 0 Å². The van der Waals surface area contributed by atoms with Gasteiger partial charge in [-0.3, -0.25) is 9.59 Å². The van der Waals surface area contributed by atoms with Crippen LogP contribution < -0.4 is 21.3 Å². The van der Waals surface area contributed by atoms with Crippen molar-refractivity contribution in [3.8, 4) is 0 Å². The Bertz CT molecular complexity index is 1260. The van der Waals surface area contributed by atoms with Crippen LogP contribution in [0.15, 0.2) is 60.7 Å². The van der Waals surface area contributed by atoms with Gasteiger partial charge in [0.15, 0.2) is 0 Å². The lowest BCUT2D eigenvalue weighted by Crippen LogP contribution is -2.55. The highest BCUT2D eigenvalue weighted by molar-refractivity contribution is 5.91. The number of hydrogen-bond acceptors (Lipinski definition) is 7. The van der Waals surface area contributed by atoms with Crippen molar-refractivity contribution in [2.45, 2.75) is 116 Å². The Labute approximate surface area is 291 Å². The molecule has 1 saturated carbocycles. The molecule has 49 heavy (non-hydrogen) atoms. The van der Waals surface area contributed by atoms with Gasteiger partial charge < -0.3 is 35.5 Å². The zero-order valence-corrected chi connectivity index (χ0v) is 29.5. The molecule has 0 saturated heterocycles. The molecule has 0 aromatic heterocycles. The Kier molecular flexibility index (Phi) is 17.5. The van der Waals surface area contributed by atoms with Gasteiger partial charge in [0, 0.05) is 13.1 Å². The normalized spacial score (nSPS) is 14.6. The molecule has 4 amide bonds. The minimum atomic E-state index is -1.10. The third kappa shape index (κ3) is 17.2. The molecule has 1 aliphatic rings. The monoisotopic (exact) mass is 680 g/mol. The molecule has 2 aromatic rings. The maximum absolute atomic E-state index is 13.6. The van der Waals surface area contributed by atoms with Gasteiger partial charge in [0.2, 0.25) is 11.8 Å². The van der Waals surface area contributed by atoms with Crippen molar-refractivity contribution in [3.05, 3.63) is 71.8 Å². The maximum Gasteiger partial charge on any atom is 0.408 e. The van der Waals surface area contributed by atoms with Crippen molar-refractivity contribution in [1.82, 2.24) is 21.3 Å². The molecule has 0 heterocycles. The van der Waals surface area contributed by atoms with Gasteiger partial charge in [0.05, 0.1) is 13.2 Å². The zero-order chi connectivity index (χ0) is 35.3. The SMILES string of the molecule is CC(C)(C)OC(=O)N[C@@H](COCc1ccccc1)C(=O)N[C@@H](CCCCNC(=O)OCc1ccccc1)C(=O)NCCCC1CCCCC1. The van der Waals surface area contributed by atoms with Crippen LogP contribution in [0.3, 0.4) is 0 Å². The van der Waals surface area contributed by atoms with Crippen LogP contribution in [0.4, 0.5) is 9.59 Å². The molecule has 0 radical (unpaired) electrons. The van der Waals surface area contributed by atoms with Crippen molar-refractivity contribution >= 4 is 24.0 Å². The molecule has 3 rings (SSSR count). The first-order chi connectivity index (χ1) is 23.6. The van der Waals surface area contributed by atoms with Gasteiger partial charge in [-0.2, -0.15) is 0 Å². The van der Waals surface area contributed by atoms with Gasteiger partial charge in [-0.05, 0) is 69.9 Å². The Morgan fingerprint density at radius 2 is 1.35 bits per heavy atom. The minimum Gasteiger partial charge on any atom is -0.445 e. The molecule has 1 fully saturated rings. The Hall–Kier alpha value is -4.12. The van der Waals surface area contributed by atoms with Crippen LogP contribution in [-0.4, -0.2) is 61.4 Å². The predicted octanol–water partition coefficient (Wildman–Crippen LogP) is 6.15. The molecule has 2 aromatic carbocycles. The first-order valence-electron chi connectivity index (χ1n) is 17.7. The van der Waals surface area contributed by atoms with Gasteiger partial charge >= 0.3 is 12.2 Å². The second-order valence-corrected chi connectivity index (χ2v) is 13.7. The third-order valence-electron chi connectivity index (χ3n) is 8.25. The Morgan fingerprint density at radius 1 is 0.714 bits per heavy atom. The van der Waals surface area contributed by atoms with Crippen LogP contribution in [0.1, 0.15) is 96.1 Å². The first-order valence-corrected chi connectivity index (χ1v) is 17.7. The van der Waals surface area contributed by atoms with Crippen molar-refractivity contribution in [2.24, 2.45) is 5.92 Å². The highest BCUT2D eigenvalue weighted by Crippen LogP contribution is 2.27. The molecule has 11 heteroatoms. The van der Waals surface area contributed by atoms with E-state index in [-0.39, 0.29) is 25.7 Å². The van der Waals surface area contributed by atoms with Gasteiger partial charge in [-0.15, -0.1) is 0 Å². The number of ether oxygens (including phenoxy) is 3. The Balaban J connectivity index is 1.55. The summed E-state index contributed by atoms with van der Waals surface area (Å²) in [5, 5.41) is 11.2. The van der Waals surface area contributed by atoms with Crippen LogP contribution >= 0.6 is 0 Å². The Morgan fingerprint density at radius 3 is 2.00 bits per heavy atom. The third-order valence-corrected chi connectivity index (χ3v) is 8.25. The van der Waals surface area contributed by atoms with E-state index in [4.69, 9.17) is 14.2 Å². The summed E-state index contributed by atoms with van der Waals surface area (Å²) in [6, 6.07) is 17.0. The summed E-state index contributed by atoms with van der Waals surface area (Å²) in [4.78, 5) is 51.8. The fraction of sp³-hybridized carbons (Fsp3) is 0.579. The first kappa shape index (κ1) is 39.3. The topological polar surface area (TPSA) is 144 Å². The number of carbonyl (C=O) groups is 4. The van der Waals surface area contributed by atoms with E-state index in [0.717, 1.165) is 24.0 Å². The molecule has 11 nitrogen and oxygen atoms in total. The average molecular weight is 681 g/mol. The fourth-order valence-electron chi connectivity index (χ4n) is 5.68.